The van der Waals surface area contributed by atoms with E-state index in [1.807, 2.05) is 6.07 Å². The van der Waals surface area contributed by atoms with Gasteiger partial charge in [-0.3, -0.25) is 4.79 Å². The van der Waals surface area contributed by atoms with Gasteiger partial charge in [-0.25, -0.2) is 9.38 Å². The van der Waals surface area contributed by atoms with Crippen molar-refractivity contribution in [3.05, 3.63) is 107 Å². The van der Waals surface area contributed by atoms with Gasteiger partial charge in [0.25, 0.3) is 5.91 Å². The summed E-state index contributed by atoms with van der Waals surface area (Å²) < 4.78 is 52.4. The van der Waals surface area contributed by atoms with Gasteiger partial charge in [-0.1, -0.05) is 54.6 Å². The first kappa shape index (κ1) is 18.9. The number of carbonyl (C=O) groups excluding carboxylic acids is 1. The van der Waals surface area contributed by atoms with Gasteiger partial charge in [-0.05, 0) is 35.4 Å². The molecule has 1 aliphatic heterocycles. The van der Waals surface area contributed by atoms with Crippen molar-refractivity contribution in [2.45, 2.75) is 11.7 Å². The Kier molecular flexibility index (Phi) is 4.45. The van der Waals surface area contributed by atoms with Gasteiger partial charge in [0.1, 0.15) is 11.7 Å². The third kappa shape index (κ3) is 3.29. The molecule has 29 heavy (non-hydrogen) atoms. The number of rotatable bonds is 3. The van der Waals surface area contributed by atoms with Crippen molar-refractivity contribution in [2.75, 3.05) is 0 Å². The maximum Gasteiger partial charge on any atom is 0.416 e. The lowest BCUT2D eigenvalue weighted by Crippen LogP contribution is -2.38. The van der Waals surface area contributed by atoms with Crippen LogP contribution in [0.2, 0.25) is 0 Å². The molecule has 3 aromatic carbocycles. The molecule has 0 radical (unpaired) electrons. The van der Waals surface area contributed by atoms with Gasteiger partial charge in [0.05, 0.1) is 5.56 Å². The minimum Gasteiger partial charge on any atom is -0.308 e. The molecule has 0 spiro atoms. The summed E-state index contributed by atoms with van der Waals surface area (Å²) in [6.45, 7) is 0. The van der Waals surface area contributed by atoms with Crippen molar-refractivity contribution in [1.82, 2.24) is 5.32 Å². The highest BCUT2D eigenvalue weighted by Crippen LogP contribution is 2.39. The van der Waals surface area contributed by atoms with Crippen LogP contribution in [-0.4, -0.2) is 11.7 Å². The highest BCUT2D eigenvalue weighted by molar-refractivity contribution is 6.16. The van der Waals surface area contributed by atoms with Crippen molar-refractivity contribution in [3.63, 3.8) is 0 Å². The van der Waals surface area contributed by atoms with E-state index in [1.165, 1.54) is 36.4 Å². The van der Waals surface area contributed by atoms with Crippen LogP contribution >= 0.6 is 0 Å². The Hall–Kier alpha value is -3.48. The molecule has 3 nitrogen and oxygen atoms in total. The predicted octanol–water partition coefficient (Wildman–Crippen LogP) is 4.66. The van der Waals surface area contributed by atoms with E-state index in [9.17, 15) is 22.4 Å². The van der Waals surface area contributed by atoms with E-state index in [0.29, 0.717) is 17.0 Å². The minimum absolute atomic E-state index is 0.250. The third-order valence-electron chi connectivity index (χ3n) is 4.78. The zero-order valence-electron chi connectivity index (χ0n) is 14.9. The number of hydrogen-bond donors (Lipinski definition) is 1. The van der Waals surface area contributed by atoms with Crippen molar-refractivity contribution < 1.29 is 22.4 Å². The van der Waals surface area contributed by atoms with Crippen molar-refractivity contribution >= 4 is 11.7 Å². The summed E-state index contributed by atoms with van der Waals surface area (Å²) in [7, 11) is 0. The topological polar surface area (TPSA) is 41.5 Å². The van der Waals surface area contributed by atoms with Crippen LogP contribution in [0.25, 0.3) is 0 Å². The number of aliphatic imine (C=N–C) groups is 1. The first-order valence-electron chi connectivity index (χ1n) is 8.71. The fourth-order valence-corrected chi connectivity index (χ4v) is 3.33. The molecule has 1 aliphatic rings. The summed E-state index contributed by atoms with van der Waals surface area (Å²) in [5.74, 6) is -0.732. The number of nitrogens with zero attached hydrogens (tertiary/aromatic N) is 1. The number of halogens is 4. The first-order valence-corrected chi connectivity index (χ1v) is 8.71. The predicted molar refractivity (Wildman–Crippen MR) is 99.7 cm³/mol. The van der Waals surface area contributed by atoms with Gasteiger partial charge in [0, 0.05) is 5.56 Å². The quantitative estimate of drug-likeness (QED) is 0.641. The van der Waals surface area contributed by atoms with E-state index in [-0.39, 0.29) is 5.56 Å². The van der Waals surface area contributed by atoms with Gasteiger partial charge < -0.3 is 5.32 Å². The molecule has 1 amide bonds. The summed E-state index contributed by atoms with van der Waals surface area (Å²) in [4.78, 5) is 17.7. The smallest absolute Gasteiger partial charge is 0.308 e. The lowest BCUT2D eigenvalue weighted by Gasteiger charge is -2.25. The monoisotopic (exact) mass is 398 g/mol. The largest absolute Gasteiger partial charge is 0.416 e. The number of carbonyl (C=O) groups is 1. The maximum atomic E-state index is 13.5. The second-order valence-corrected chi connectivity index (χ2v) is 6.57. The Morgan fingerprint density at radius 1 is 0.793 bits per heavy atom. The normalized spacial score (nSPS) is 19.0. The number of hydrogen-bond acceptors (Lipinski definition) is 2. The molecule has 0 saturated heterocycles. The number of alkyl halides is 3. The fourth-order valence-electron chi connectivity index (χ4n) is 3.33. The molecule has 1 heterocycles. The van der Waals surface area contributed by atoms with E-state index in [2.05, 4.69) is 10.3 Å². The average molecular weight is 398 g/mol. The molecular formula is C22H14F4N2O. The third-order valence-corrected chi connectivity index (χ3v) is 4.78. The summed E-state index contributed by atoms with van der Waals surface area (Å²) >= 11 is 0. The Labute approximate surface area is 163 Å². The fraction of sp³-hybridized carbons (Fsp3) is 0.0909. The van der Waals surface area contributed by atoms with Gasteiger partial charge in [-0.2, -0.15) is 13.2 Å². The molecule has 146 valence electrons. The molecule has 0 saturated carbocycles. The van der Waals surface area contributed by atoms with E-state index < -0.39 is 29.0 Å². The molecule has 3 aromatic rings. The Balaban J connectivity index is 1.90. The molecule has 0 aliphatic carbocycles. The number of nitrogens with one attached hydrogen (secondary N) is 1. The van der Waals surface area contributed by atoms with Gasteiger partial charge in [-0.15, -0.1) is 0 Å². The lowest BCUT2D eigenvalue weighted by molar-refractivity contribution is -0.137. The molecule has 0 unspecified atom stereocenters. The highest BCUT2D eigenvalue weighted by Gasteiger charge is 2.47. The van der Waals surface area contributed by atoms with Crippen LogP contribution in [-0.2, 0) is 16.5 Å². The second kappa shape index (κ2) is 6.84. The summed E-state index contributed by atoms with van der Waals surface area (Å²) in [6.07, 6.45) is -4.50. The molecule has 0 fully saturated rings. The number of amidine groups is 1. The zero-order valence-corrected chi connectivity index (χ0v) is 14.9. The maximum absolute atomic E-state index is 13.5. The van der Waals surface area contributed by atoms with E-state index in [1.54, 1.807) is 24.3 Å². The first-order chi connectivity index (χ1) is 13.8. The van der Waals surface area contributed by atoms with Crippen molar-refractivity contribution in [2.24, 2.45) is 4.99 Å². The van der Waals surface area contributed by atoms with E-state index >= 15 is 0 Å². The Morgan fingerprint density at radius 3 is 1.90 bits per heavy atom. The molecule has 0 aromatic heterocycles. The minimum atomic E-state index is -4.50. The van der Waals surface area contributed by atoms with Crippen LogP contribution in [0.4, 0.5) is 17.6 Å². The van der Waals surface area contributed by atoms with Gasteiger partial charge in [0.15, 0.2) is 5.54 Å². The summed E-state index contributed by atoms with van der Waals surface area (Å²) in [5, 5.41) is 2.71. The van der Waals surface area contributed by atoms with Crippen LogP contribution in [0.1, 0.15) is 22.3 Å². The molecule has 1 atom stereocenters. The lowest BCUT2D eigenvalue weighted by atomic mass is 9.82. The highest BCUT2D eigenvalue weighted by atomic mass is 19.4. The number of benzene rings is 3. The average Bonchev–Trinajstić information content (AvgIpc) is 3.07. The zero-order chi connectivity index (χ0) is 20.6. The SMILES string of the molecule is O=C1NC(c2ccccc2)=N[C@@]1(c1ccc(F)cc1)c1ccc(C(F)(F)F)cc1. The Morgan fingerprint density at radius 2 is 1.34 bits per heavy atom. The Bertz CT molecular complexity index is 1070. The van der Waals surface area contributed by atoms with Crippen LogP contribution < -0.4 is 5.32 Å². The van der Waals surface area contributed by atoms with E-state index in [0.717, 1.165) is 12.1 Å². The molecule has 1 N–H and O–H groups in total. The molecule has 7 heteroatoms. The molecule has 4 rings (SSSR count). The molecule has 0 bridgehead atoms. The van der Waals surface area contributed by atoms with Gasteiger partial charge >= 0.3 is 6.18 Å². The van der Waals surface area contributed by atoms with Gasteiger partial charge in [0.2, 0.25) is 0 Å². The number of amides is 1. The summed E-state index contributed by atoms with van der Waals surface area (Å²) in [6, 6.07) is 18.3. The van der Waals surface area contributed by atoms with Crippen molar-refractivity contribution in [1.29, 1.82) is 0 Å². The summed E-state index contributed by atoms with van der Waals surface area (Å²) in [5.41, 5.74) is -1.20. The van der Waals surface area contributed by atoms with Crippen LogP contribution in [0.3, 0.4) is 0 Å². The second-order valence-electron chi connectivity index (χ2n) is 6.57. The van der Waals surface area contributed by atoms with E-state index in [4.69, 9.17) is 0 Å². The van der Waals surface area contributed by atoms with Crippen LogP contribution in [0.15, 0.2) is 83.9 Å². The van der Waals surface area contributed by atoms with Crippen LogP contribution in [0.5, 0.6) is 0 Å². The molecular weight excluding hydrogens is 384 g/mol. The van der Waals surface area contributed by atoms with Crippen LogP contribution in [0, 0.1) is 5.82 Å². The standard InChI is InChI=1S/C22H14F4N2O/c23-18-12-10-16(11-13-18)21(15-6-8-17(9-7-15)22(24,25)26)20(29)27-19(28-21)14-4-2-1-3-5-14/h1-13H,(H,27,28,29)/t21-/m1/s1. The van der Waals surface area contributed by atoms with Crippen molar-refractivity contribution in [3.8, 4) is 0 Å².